The van der Waals surface area contributed by atoms with Crippen LogP contribution in [0.5, 0.6) is 0 Å². The first-order chi connectivity index (χ1) is 9.58. The third kappa shape index (κ3) is 3.58. The molecule has 0 aliphatic heterocycles. The monoisotopic (exact) mass is 274 g/mol. The number of aromatic nitrogens is 2. The minimum Gasteiger partial charge on any atom is -0.389 e. The molecule has 0 spiro atoms. The van der Waals surface area contributed by atoms with E-state index < -0.39 is 6.10 Å². The van der Waals surface area contributed by atoms with E-state index in [0.29, 0.717) is 11.4 Å². The highest BCUT2D eigenvalue weighted by Crippen LogP contribution is 2.16. The molecule has 1 aromatic heterocycles. The molecule has 1 heterocycles. The molecule has 1 atom stereocenters. The van der Waals surface area contributed by atoms with Gasteiger partial charge in [-0.2, -0.15) is 5.10 Å². The zero-order valence-electron chi connectivity index (χ0n) is 11.5. The summed E-state index contributed by atoms with van der Waals surface area (Å²) in [7, 11) is 0. The van der Waals surface area contributed by atoms with Crippen LogP contribution in [0.25, 0.3) is 0 Å². The Bertz CT molecular complexity index is 575. The number of rotatable bonds is 4. The topological polar surface area (TPSA) is 79.2 Å². The highest BCUT2D eigenvalue weighted by atomic mass is 16.3. The van der Waals surface area contributed by atoms with Gasteiger partial charge in [-0.25, -0.2) is 4.79 Å². The van der Waals surface area contributed by atoms with Gasteiger partial charge in [-0.3, -0.25) is 4.68 Å². The Labute approximate surface area is 117 Å². The number of nitrogens with zero attached hydrogens (tertiary/aromatic N) is 2. The SMILES string of the molecule is CCn1cc(NC(=O)Nc2ccc(C(C)O)cc2)cn1. The molecule has 0 saturated heterocycles. The largest absolute Gasteiger partial charge is 0.389 e. The van der Waals surface area contributed by atoms with Crippen molar-refractivity contribution < 1.29 is 9.90 Å². The van der Waals surface area contributed by atoms with E-state index in [2.05, 4.69) is 15.7 Å². The fraction of sp³-hybridized carbons (Fsp3) is 0.286. The molecule has 3 N–H and O–H groups in total. The molecule has 1 aromatic carbocycles. The number of aryl methyl sites for hydroxylation is 1. The predicted octanol–water partition coefficient (Wildman–Crippen LogP) is 2.60. The minimum atomic E-state index is -0.516. The van der Waals surface area contributed by atoms with E-state index in [0.717, 1.165) is 12.1 Å². The molecule has 2 rings (SSSR count). The second-order valence-corrected chi connectivity index (χ2v) is 4.46. The number of hydrogen-bond acceptors (Lipinski definition) is 3. The third-order valence-corrected chi connectivity index (χ3v) is 2.87. The van der Waals surface area contributed by atoms with Crippen LogP contribution in [0.1, 0.15) is 25.5 Å². The summed E-state index contributed by atoms with van der Waals surface area (Å²) >= 11 is 0. The molecule has 20 heavy (non-hydrogen) atoms. The van der Waals surface area contributed by atoms with Crippen LogP contribution in [0, 0.1) is 0 Å². The van der Waals surface area contributed by atoms with Crippen LogP contribution in [0.15, 0.2) is 36.7 Å². The number of urea groups is 1. The molecule has 0 radical (unpaired) electrons. The summed E-state index contributed by atoms with van der Waals surface area (Å²) < 4.78 is 1.73. The van der Waals surface area contributed by atoms with Crippen LogP contribution in [0.4, 0.5) is 16.2 Å². The second-order valence-electron chi connectivity index (χ2n) is 4.46. The van der Waals surface area contributed by atoms with E-state index in [4.69, 9.17) is 0 Å². The first kappa shape index (κ1) is 14.1. The molecule has 0 bridgehead atoms. The van der Waals surface area contributed by atoms with Crippen molar-refractivity contribution in [3.05, 3.63) is 42.2 Å². The van der Waals surface area contributed by atoms with Crippen molar-refractivity contribution in [3.63, 3.8) is 0 Å². The van der Waals surface area contributed by atoms with E-state index in [-0.39, 0.29) is 6.03 Å². The van der Waals surface area contributed by atoms with E-state index in [1.165, 1.54) is 0 Å². The Balaban J connectivity index is 1.93. The second kappa shape index (κ2) is 6.21. The van der Waals surface area contributed by atoms with Gasteiger partial charge in [0.25, 0.3) is 0 Å². The molecule has 0 saturated carbocycles. The first-order valence-corrected chi connectivity index (χ1v) is 6.47. The lowest BCUT2D eigenvalue weighted by molar-refractivity contribution is 0.199. The zero-order valence-corrected chi connectivity index (χ0v) is 11.5. The maximum atomic E-state index is 11.8. The Morgan fingerprint density at radius 1 is 1.30 bits per heavy atom. The average molecular weight is 274 g/mol. The van der Waals surface area contributed by atoms with Crippen LogP contribution < -0.4 is 10.6 Å². The Morgan fingerprint density at radius 3 is 2.50 bits per heavy atom. The maximum Gasteiger partial charge on any atom is 0.323 e. The van der Waals surface area contributed by atoms with E-state index in [9.17, 15) is 9.90 Å². The summed E-state index contributed by atoms with van der Waals surface area (Å²) in [4.78, 5) is 11.8. The van der Waals surface area contributed by atoms with Crippen molar-refractivity contribution in [1.29, 1.82) is 0 Å². The summed E-state index contributed by atoms with van der Waals surface area (Å²) in [6, 6.07) is 6.71. The van der Waals surface area contributed by atoms with Crippen LogP contribution in [0.2, 0.25) is 0 Å². The summed E-state index contributed by atoms with van der Waals surface area (Å²) in [5, 5.41) is 18.9. The van der Waals surface area contributed by atoms with Crippen molar-refractivity contribution in [1.82, 2.24) is 9.78 Å². The van der Waals surface area contributed by atoms with Crippen molar-refractivity contribution in [3.8, 4) is 0 Å². The fourth-order valence-corrected chi connectivity index (χ4v) is 1.74. The molecule has 2 aromatic rings. The summed E-state index contributed by atoms with van der Waals surface area (Å²) in [5.41, 5.74) is 2.11. The van der Waals surface area contributed by atoms with Gasteiger partial charge in [0.05, 0.1) is 18.0 Å². The molecule has 0 aliphatic carbocycles. The van der Waals surface area contributed by atoms with Gasteiger partial charge in [-0.1, -0.05) is 12.1 Å². The van der Waals surface area contributed by atoms with Gasteiger partial charge < -0.3 is 15.7 Å². The number of amides is 2. The van der Waals surface area contributed by atoms with Crippen LogP contribution in [0.3, 0.4) is 0 Å². The summed E-state index contributed by atoms with van der Waals surface area (Å²) in [6.45, 7) is 4.42. The maximum absolute atomic E-state index is 11.8. The lowest BCUT2D eigenvalue weighted by Crippen LogP contribution is -2.19. The number of hydrogen-bond donors (Lipinski definition) is 3. The minimum absolute atomic E-state index is 0.328. The smallest absolute Gasteiger partial charge is 0.323 e. The molecular weight excluding hydrogens is 256 g/mol. The van der Waals surface area contributed by atoms with Crippen LogP contribution in [-0.2, 0) is 6.54 Å². The summed E-state index contributed by atoms with van der Waals surface area (Å²) in [5.74, 6) is 0. The molecule has 0 aliphatic rings. The van der Waals surface area contributed by atoms with Gasteiger partial charge in [-0.05, 0) is 31.5 Å². The van der Waals surface area contributed by atoms with Gasteiger partial charge in [0, 0.05) is 18.4 Å². The number of aliphatic hydroxyl groups excluding tert-OH is 1. The molecule has 1 unspecified atom stereocenters. The Kier molecular flexibility index (Phi) is 4.37. The number of benzene rings is 1. The van der Waals surface area contributed by atoms with Crippen LogP contribution >= 0.6 is 0 Å². The molecule has 0 fully saturated rings. The third-order valence-electron chi connectivity index (χ3n) is 2.87. The lowest BCUT2D eigenvalue weighted by Gasteiger charge is -2.08. The molecular formula is C14H18N4O2. The number of carbonyl (C=O) groups excluding carboxylic acids is 1. The van der Waals surface area contributed by atoms with Crippen molar-refractivity contribution in [2.45, 2.75) is 26.5 Å². The molecule has 6 nitrogen and oxygen atoms in total. The van der Waals surface area contributed by atoms with Gasteiger partial charge in [-0.15, -0.1) is 0 Å². The highest BCUT2D eigenvalue weighted by molar-refractivity contribution is 5.99. The number of carbonyl (C=O) groups is 1. The first-order valence-electron chi connectivity index (χ1n) is 6.47. The standard InChI is InChI=1S/C14H18N4O2/c1-3-18-9-13(8-15-18)17-14(20)16-12-6-4-11(5-7-12)10(2)19/h4-10,19H,3H2,1-2H3,(H2,16,17,20). The number of nitrogens with one attached hydrogen (secondary N) is 2. The van der Waals surface area contributed by atoms with E-state index >= 15 is 0 Å². The predicted molar refractivity (Wildman–Crippen MR) is 77.6 cm³/mol. The summed E-state index contributed by atoms with van der Waals surface area (Å²) in [6.07, 6.45) is 2.84. The molecule has 106 valence electrons. The van der Waals surface area contributed by atoms with Gasteiger partial charge in [0.1, 0.15) is 0 Å². The lowest BCUT2D eigenvalue weighted by atomic mass is 10.1. The molecule has 6 heteroatoms. The van der Waals surface area contributed by atoms with Crippen molar-refractivity contribution in [2.24, 2.45) is 0 Å². The zero-order chi connectivity index (χ0) is 14.5. The quantitative estimate of drug-likeness (QED) is 0.801. The van der Waals surface area contributed by atoms with Crippen LogP contribution in [-0.4, -0.2) is 20.9 Å². The fourth-order valence-electron chi connectivity index (χ4n) is 1.74. The van der Waals surface area contributed by atoms with E-state index in [1.54, 1.807) is 48.3 Å². The normalized spacial score (nSPS) is 11.9. The highest BCUT2D eigenvalue weighted by Gasteiger charge is 2.05. The van der Waals surface area contributed by atoms with Gasteiger partial charge >= 0.3 is 6.03 Å². The van der Waals surface area contributed by atoms with Crippen molar-refractivity contribution in [2.75, 3.05) is 10.6 Å². The van der Waals surface area contributed by atoms with Gasteiger partial charge in [0.15, 0.2) is 0 Å². The average Bonchev–Trinajstić information content (AvgIpc) is 2.86. The Morgan fingerprint density at radius 2 is 1.95 bits per heavy atom. The number of aliphatic hydroxyl groups is 1. The van der Waals surface area contributed by atoms with Crippen molar-refractivity contribution >= 4 is 17.4 Å². The Hall–Kier alpha value is -2.34. The van der Waals surface area contributed by atoms with E-state index in [1.807, 2.05) is 6.92 Å². The van der Waals surface area contributed by atoms with Gasteiger partial charge in [0.2, 0.25) is 0 Å². The number of anilines is 2. The molecule has 2 amide bonds.